The van der Waals surface area contributed by atoms with E-state index in [0.717, 1.165) is 31.2 Å². The van der Waals surface area contributed by atoms with Gasteiger partial charge in [-0.2, -0.15) is 0 Å². The molecule has 0 spiro atoms. The molecule has 112 valence electrons. The van der Waals surface area contributed by atoms with Gasteiger partial charge in [-0.15, -0.1) is 0 Å². The summed E-state index contributed by atoms with van der Waals surface area (Å²) >= 11 is 0. The molecule has 0 aliphatic heterocycles. The fraction of sp³-hybridized carbons (Fsp3) is 0.533. The molecule has 5 heteroatoms. The SMILES string of the molecule is CCCCCCNC(=O)CS(=O)(=O)c1ccc(C)cc1. The third-order valence-electron chi connectivity index (χ3n) is 3.05. The maximum absolute atomic E-state index is 12.0. The van der Waals surface area contributed by atoms with Gasteiger partial charge in [-0.1, -0.05) is 43.9 Å². The minimum atomic E-state index is -3.54. The van der Waals surface area contributed by atoms with Gasteiger partial charge >= 0.3 is 0 Å². The topological polar surface area (TPSA) is 63.2 Å². The monoisotopic (exact) mass is 297 g/mol. The van der Waals surface area contributed by atoms with Crippen molar-refractivity contribution in [3.05, 3.63) is 29.8 Å². The lowest BCUT2D eigenvalue weighted by atomic mass is 10.2. The van der Waals surface area contributed by atoms with Crippen LogP contribution in [0.25, 0.3) is 0 Å². The lowest BCUT2D eigenvalue weighted by Gasteiger charge is -2.06. The van der Waals surface area contributed by atoms with Crippen molar-refractivity contribution in [2.45, 2.75) is 44.4 Å². The third-order valence-corrected chi connectivity index (χ3v) is 4.69. The van der Waals surface area contributed by atoms with Gasteiger partial charge in [0.25, 0.3) is 0 Å². The standard InChI is InChI=1S/C15H23NO3S/c1-3-4-5-6-11-16-15(17)12-20(18,19)14-9-7-13(2)8-10-14/h7-10H,3-6,11-12H2,1-2H3,(H,16,17). The summed E-state index contributed by atoms with van der Waals surface area (Å²) in [6.07, 6.45) is 4.22. The second-order valence-electron chi connectivity index (χ2n) is 4.98. The number of aryl methyl sites for hydroxylation is 1. The van der Waals surface area contributed by atoms with E-state index in [0.29, 0.717) is 6.54 Å². The Morgan fingerprint density at radius 2 is 1.75 bits per heavy atom. The molecule has 1 rings (SSSR count). The van der Waals surface area contributed by atoms with Crippen molar-refractivity contribution in [1.82, 2.24) is 5.32 Å². The Hall–Kier alpha value is -1.36. The van der Waals surface area contributed by atoms with E-state index in [2.05, 4.69) is 12.2 Å². The van der Waals surface area contributed by atoms with E-state index in [4.69, 9.17) is 0 Å². The van der Waals surface area contributed by atoms with Gasteiger partial charge in [0.05, 0.1) is 4.90 Å². The minimum Gasteiger partial charge on any atom is -0.355 e. The maximum Gasteiger partial charge on any atom is 0.235 e. The van der Waals surface area contributed by atoms with Gasteiger partial charge in [0.1, 0.15) is 5.75 Å². The van der Waals surface area contributed by atoms with Crippen LogP contribution in [0.15, 0.2) is 29.2 Å². The molecule has 4 nitrogen and oxygen atoms in total. The molecule has 0 saturated heterocycles. The Kier molecular flexibility index (Phi) is 6.71. The summed E-state index contributed by atoms with van der Waals surface area (Å²) in [7, 11) is -3.54. The summed E-state index contributed by atoms with van der Waals surface area (Å²) in [6, 6.07) is 6.55. The summed E-state index contributed by atoms with van der Waals surface area (Å²) < 4.78 is 24.1. The Balaban J connectivity index is 2.46. The molecule has 1 aromatic carbocycles. The number of unbranched alkanes of at least 4 members (excludes halogenated alkanes) is 3. The zero-order valence-electron chi connectivity index (χ0n) is 12.2. The lowest BCUT2D eigenvalue weighted by molar-refractivity contribution is -0.118. The first-order valence-corrected chi connectivity index (χ1v) is 8.67. The average molecular weight is 297 g/mol. The van der Waals surface area contributed by atoms with Gasteiger partial charge in [-0.25, -0.2) is 8.42 Å². The fourth-order valence-electron chi connectivity index (χ4n) is 1.83. The molecule has 0 atom stereocenters. The first-order valence-electron chi connectivity index (χ1n) is 7.02. The first kappa shape index (κ1) is 16.7. The smallest absolute Gasteiger partial charge is 0.235 e. The van der Waals surface area contributed by atoms with E-state index in [9.17, 15) is 13.2 Å². The van der Waals surface area contributed by atoms with Gasteiger partial charge in [0.2, 0.25) is 5.91 Å². The number of carbonyl (C=O) groups is 1. The van der Waals surface area contributed by atoms with Crippen LogP contribution in [-0.4, -0.2) is 26.6 Å². The molecule has 0 bridgehead atoms. The highest BCUT2D eigenvalue weighted by atomic mass is 32.2. The fourth-order valence-corrected chi connectivity index (χ4v) is 3.00. The molecule has 20 heavy (non-hydrogen) atoms. The van der Waals surface area contributed by atoms with Crippen molar-refractivity contribution in [3.8, 4) is 0 Å². The highest BCUT2D eigenvalue weighted by Crippen LogP contribution is 2.11. The number of hydrogen-bond donors (Lipinski definition) is 1. The predicted octanol–water partition coefficient (Wildman–Crippen LogP) is 2.47. The summed E-state index contributed by atoms with van der Waals surface area (Å²) in [5.41, 5.74) is 0.990. The molecule has 0 radical (unpaired) electrons. The molecule has 0 aromatic heterocycles. The van der Waals surface area contributed by atoms with Crippen molar-refractivity contribution in [2.75, 3.05) is 12.3 Å². The number of hydrogen-bond acceptors (Lipinski definition) is 3. The second kappa shape index (κ2) is 8.04. The van der Waals surface area contributed by atoms with Gasteiger partial charge in [0.15, 0.2) is 9.84 Å². The van der Waals surface area contributed by atoms with E-state index in [-0.39, 0.29) is 4.90 Å². The molecule has 0 unspecified atom stereocenters. The lowest BCUT2D eigenvalue weighted by Crippen LogP contribution is -2.31. The Morgan fingerprint density at radius 1 is 1.10 bits per heavy atom. The number of benzene rings is 1. The Bertz CT molecular complexity index is 521. The Morgan fingerprint density at radius 3 is 2.35 bits per heavy atom. The average Bonchev–Trinajstić information content (AvgIpc) is 2.38. The van der Waals surface area contributed by atoms with Gasteiger partial charge in [-0.3, -0.25) is 4.79 Å². The quantitative estimate of drug-likeness (QED) is 0.750. The van der Waals surface area contributed by atoms with E-state index >= 15 is 0 Å². The van der Waals surface area contributed by atoms with Crippen LogP contribution in [0.4, 0.5) is 0 Å². The highest BCUT2D eigenvalue weighted by molar-refractivity contribution is 7.92. The van der Waals surface area contributed by atoms with Crippen molar-refractivity contribution < 1.29 is 13.2 Å². The van der Waals surface area contributed by atoms with Crippen molar-refractivity contribution >= 4 is 15.7 Å². The maximum atomic E-state index is 12.0. The van der Waals surface area contributed by atoms with Crippen LogP contribution in [0.1, 0.15) is 38.2 Å². The van der Waals surface area contributed by atoms with Crippen LogP contribution in [-0.2, 0) is 14.6 Å². The number of amides is 1. The van der Waals surface area contributed by atoms with Crippen molar-refractivity contribution in [3.63, 3.8) is 0 Å². The highest BCUT2D eigenvalue weighted by Gasteiger charge is 2.18. The van der Waals surface area contributed by atoms with E-state index in [1.54, 1.807) is 24.3 Å². The molecule has 1 N–H and O–H groups in total. The molecule has 0 heterocycles. The number of sulfone groups is 1. The summed E-state index contributed by atoms with van der Waals surface area (Å²) in [5, 5.41) is 2.66. The van der Waals surface area contributed by atoms with E-state index in [1.165, 1.54) is 0 Å². The third kappa shape index (κ3) is 5.74. The van der Waals surface area contributed by atoms with E-state index in [1.807, 2.05) is 6.92 Å². The van der Waals surface area contributed by atoms with Gasteiger partial charge in [-0.05, 0) is 25.5 Å². The first-order chi connectivity index (χ1) is 9.45. The molecule has 0 saturated carbocycles. The Labute approximate surface area is 121 Å². The van der Waals surface area contributed by atoms with Crippen molar-refractivity contribution in [1.29, 1.82) is 0 Å². The van der Waals surface area contributed by atoms with Crippen LogP contribution in [0.3, 0.4) is 0 Å². The molecule has 0 aliphatic rings. The van der Waals surface area contributed by atoms with Crippen LogP contribution in [0, 0.1) is 6.92 Å². The molecule has 0 aliphatic carbocycles. The molecular formula is C15H23NO3S. The van der Waals surface area contributed by atoms with E-state index < -0.39 is 21.5 Å². The largest absolute Gasteiger partial charge is 0.355 e. The van der Waals surface area contributed by atoms with Crippen LogP contribution < -0.4 is 5.32 Å². The zero-order chi connectivity index (χ0) is 15.0. The molecular weight excluding hydrogens is 274 g/mol. The minimum absolute atomic E-state index is 0.198. The van der Waals surface area contributed by atoms with Gasteiger partial charge < -0.3 is 5.32 Å². The van der Waals surface area contributed by atoms with Crippen molar-refractivity contribution in [2.24, 2.45) is 0 Å². The number of rotatable bonds is 8. The van der Waals surface area contributed by atoms with Crippen LogP contribution >= 0.6 is 0 Å². The molecule has 1 amide bonds. The second-order valence-corrected chi connectivity index (χ2v) is 6.97. The molecule has 1 aromatic rings. The van der Waals surface area contributed by atoms with Crippen LogP contribution in [0.2, 0.25) is 0 Å². The number of carbonyl (C=O) groups excluding carboxylic acids is 1. The predicted molar refractivity (Wildman–Crippen MR) is 80.4 cm³/mol. The molecule has 0 fully saturated rings. The normalized spacial score (nSPS) is 11.3. The number of nitrogens with one attached hydrogen (secondary N) is 1. The summed E-state index contributed by atoms with van der Waals surface area (Å²) in [4.78, 5) is 11.8. The summed E-state index contributed by atoms with van der Waals surface area (Å²) in [6.45, 7) is 4.55. The summed E-state index contributed by atoms with van der Waals surface area (Å²) in [5.74, 6) is -0.911. The van der Waals surface area contributed by atoms with Gasteiger partial charge in [0, 0.05) is 6.54 Å². The zero-order valence-corrected chi connectivity index (χ0v) is 13.0. The van der Waals surface area contributed by atoms with Crippen LogP contribution in [0.5, 0.6) is 0 Å².